The van der Waals surface area contributed by atoms with Crippen molar-refractivity contribution >= 4 is 11.8 Å². The first-order valence-corrected chi connectivity index (χ1v) is 8.70. The SMILES string of the molecule is Cc1cccc(C2(C(=O)NC(C)C(=O)NC3CCCC3)CC2)c1. The minimum Gasteiger partial charge on any atom is -0.352 e. The van der Waals surface area contributed by atoms with E-state index in [1.54, 1.807) is 6.92 Å². The lowest BCUT2D eigenvalue weighted by molar-refractivity contribution is -0.130. The van der Waals surface area contributed by atoms with Crippen LogP contribution in [0.3, 0.4) is 0 Å². The van der Waals surface area contributed by atoms with Crippen molar-refractivity contribution in [3.8, 4) is 0 Å². The highest BCUT2D eigenvalue weighted by Crippen LogP contribution is 2.48. The highest BCUT2D eigenvalue weighted by molar-refractivity contribution is 5.95. The Kier molecular flexibility index (Phi) is 4.42. The molecule has 0 radical (unpaired) electrons. The van der Waals surface area contributed by atoms with E-state index in [4.69, 9.17) is 0 Å². The molecule has 4 heteroatoms. The smallest absolute Gasteiger partial charge is 0.242 e. The molecule has 3 rings (SSSR count). The Morgan fingerprint density at radius 3 is 2.52 bits per heavy atom. The van der Waals surface area contributed by atoms with Gasteiger partial charge in [0.15, 0.2) is 0 Å². The number of carbonyl (C=O) groups excluding carboxylic acids is 2. The zero-order valence-electron chi connectivity index (χ0n) is 14.0. The van der Waals surface area contributed by atoms with Crippen LogP contribution in [-0.4, -0.2) is 23.9 Å². The van der Waals surface area contributed by atoms with Crippen molar-refractivity contribution in [2.75, 3.05) is 0 Å². The highest BCUT2D eigenvalue weighted by Gasteiger charge is 2.51. The molecule has 2 aliphatic carbocycles. The van der Waals surface area contributed by atoms with Gasteiger partial charge in [0, 0.05) is 6.04 Å². The summed E-state index contributed by atoms with van der Waals surface area (Å²) in [5.41, 5.74) is 1.81. The van der Waals surface area contributed by atoms with E-state index in [9.17, 15) is 9.59 Å². The van der Waals surface area contributed by atoms with E-state index < -0.39 is 11.5 Å². The van der Waals surface area contributed by atoms with Crippen LogP contribution in [-0.2, 0) is 15.0 Å². The van der Waals surface area contributed by atoms with Crippen LogP contribution in [0.25, 0.3) is 0 Å². The molecule has 0 spiro atoms. The van der Waals surface area contributed by atoms with Gasteiger partial charge in [-0.3, -0.25) is 9.59 Å². The van der Waals surface area contributed by atoms with Gasteiger partial charge in [-0.15, -0.1) is 0 Å². The fourth-order valence-electron chi connectivity index (χ4n) is 3.51. The number of hydrogen-bond acceptors (Lipinski definition) is 2. The van der Waals surface area contributed by atoms with E-state index >= 15 is 0 Å². The van der Waals surface area contributed by atoms with Gasteiger partial charge in [-0.1, -0.05) is 42.7 Å². The zero-order valence-corrected chi connectivity index (χ0v) is 14.0. The summed E-state index contributed by atoms with van der Waals surface area (Å²) in [5.74, 6) is -0.0811. The number of aryl methyl sites for hydroxylation is 1. The predicted octanol–water partition coefficient (Wildman–Crippen LogP) is 2.59. The number of rotatable bonds is 5. The molecule has 2 fully saturated rings. The van der Waals surface area contributed by atoms with Crippen LogP contribution >= 0.6 is 0 Å². The number of nitrogens with one attached hydrogen (secondary N) is 2. The molecule has 0 saturated heterocycles. The molecule has 4 nitrogen and oxygen atoms in total. The second kappa shape index (κ2) is 6.34. The summed E-state index contributed by atoms with van der Waals surface area (Å²) in [4.78, 5) is 24.9. The van der Waals surface area contributed by atoms with E-state index in [0.717, 1.165) is 36.8 Å². The van der Waals surface area contributed by atoms with Crippen LogP contribution < -0.4 is 10.6 Å². The van der Waals surface area contributed by atoms with Crippen molar-refractivity contribution in [1.29, 1.82) is 0 Å². The zero-order chi connectivity index (χ0) is 16.4. The second-order valence-corrected chi connectivity index (χ2v) is 7.14. The molecule has 0 bridgehead atoms. The van der Waals surface area contributed by atoms with Gasteiger partial charge < -0.3 is 10.6 Å². The molecule has 2 N–H and O–H groups in total. The fraction of sp³-hybridized carbons (Fsp3) is 0.579. The molecule has 1 unspecified atom stereocenters. The fourth-order valence-corrected chi connectivity index (χ4v) is 3.51. The standard InChI is InChI=1S/C19H26N2O2/c1-13-6-5-7-15(12-13)19(10-11-19)18(23)20-14(2)17(22)21-16-8-3-4-9-16/h5-7,12,14,16H,3-4,8-11H2,1-2H3,(H,20,23)(H,21,22). The third-order valence-electron chi connectivity index (χ3n) is 5.20. The van der Waals surface area contributed by atoms with Crippen molar-refractivity contribution in [1.82, 2.24) is 10.6 Å². The van der Waals surface area contributed by atoms with Crippen molar-refractivity contribution < 1.29 is 9.59 Å². The van der Waals surface area contributed by atoms with E-state index in [1.807, 2.05) is 25.1 Å². The first kappa shape index (κ1) is 16.0. The molecule has 23 heavy (non-hydrogen) atoms. The lowest BCUT2D eigenvalue weighted by Crippen LogP contribution is -2.50. The Hall–Kier alpha value is -1.84. The number of hydrogen-bond donors (Lipinski definition) is 2. The summed E-state index contributed by atoms with van der Waals surface area (Å²) in [6, 6.07) is 7.93. The van der Waals surface area contributed by atoms with E-state index in [0.29, 0.717) is 0 Å². The second-order valence-electron chi connectivity index (χ2n) is 7.14. The van der Waals surface area contributed by atoms with Crippen molar-refractivity contribution in [2.24, 2.45) is 0 Å². The van der Waals surface area contributed by atoms with E-state index in [2.05, 4.69) is 16.7 Å². The molecule has 124 valence electrons. The Labute approximate surface area is 138 Å². The van der Waals surface area contributed by atoms with Gasteiger partial charge >= 0.3 is 0 Å². The van der Waals surface area contributed by atoms with E-state index in [-0.39, 0.29) is 17.9 Å². The summed E-state index contributed by atoms with van der Waals surface area (Å²) < 4.78 is 0. The van der Waals surface area contributed by atoms with Gasteiger partial charge in [0.1, 0.15) is 6.04 Å². The van der Waals surface area contributed by atoms with Crippen molar-refractivity contribution in [2.45, 2.75) is 69.9 Å². The Morgan fingerprint density at radius 2 is 1.91 bits per heavy atom. The average molecular weight is 314 g/mol. The molecule has 2 aliphatic rings. The summed E-state index contributed by atoms with van der Waals surface area (Å²) in [6.07, 6.45) is 6.20. The highest BCUT2D eigenvalue weighted by atomic mass is 16.2. The van der Waals surface area contributed by atoms with Crippen LogP contribution in [0.1, 0.15) is 56.6 Å². The summed E-state index contributed by atoms with van der Waals surface area (Å²) in [6.45, 7) is 3.81. The molecule has 1 atom stereocenters. The molecular formula is C19H26N2O2. The third-order valence-corrected chi connectivity index (χ3v) is 5.20. The molecule has 2 saturated carbocycles. The number of amides is 2. The monoisotopic (exact) mass is 314 g/mol. The summed E-state index contributed by atoms with van der Waals surface area (Å²) >= 11 is 0. The first-order valence-electron chi connectivity index (χ1n) is 8.70. The summed E-state index contributed by atoms with van der Waals surface area (Å²) in [7, 11) is 0. The van der Waals surface area contributed by atoms with Crippen LogP contribution in [0.5, 0.6) is 0 Å². The van der Waals surface area contributed by atoms with Gasteiger partial charge in [-0.2, -0.15) is 0 Å². The average Bonchev–Trinajstić information content (AvgIpc) is 3.19. The normalized spacial score (nSPS) is 20.8. The topological polar surface area (TPSA) is 58.2 Å². The van der Waals surface area contributed by atoms with E-state index in [1.165, 1.54) is 12.8 Å². The largest absolute Gasteiger partial charge is 0.352 e. The first-order chi connectivity index (χ1) is 11.0. The summed E-state index contributed by atoms with van der Waals surface area (Å²) in [5, 5.41) is 5.97. The van der Waals surface area contributed by atoms with Crippen molar-refractivity contribution in [3.05, 3.63) is 35.4 Å². The van der Waals surface area contributed by atoms with Gasteiger partial charge in [0.25, 0.3) is 0 Å². The maximum absolute atomic E-state index is 12.7. The van der Waals surface area contributed by atoms with Gasteiger partial charge in [0.2, 0.25) is 11.8 Å². The predicted molar refractivity (Wildman–Crippen MR) is 90.1 cm³/mol. The molecule has 2 amide bonds. The maximum Gasteiger partial charge on any atom is 0.242 e. The molecule has 0 heterocycles. The number of benzene rings is 1. The number of carbonyl (C=O) groups is 2. The Morgan fingerprint density at radius 1 is 1.22 bits per heavy atom. The third kappa shape index (κ3) is 3.41. The lowest BCUT2D eigenvalue weighted by Gasteiger charge is -2.21. The maximum atomic E-state index is 12.7. The van der Waals surface area contributed by atoms with Gasteiger partial charge in [-0.25, -0.2) is 0 Å². The Bertz CT molecular complexity index is 601. The van der Waals surface area contributed by atoms with Crippen LogP contribution in [0, 0.1) is 6.92 Å². The minimum absolute atomic E-state index is 0.0165. The van der Waals surface area contributed by atoms with Gasteiger partial charge in [0.05, 0.1) is 5.41 Å². The van der Waals surface area contributed by atoms with Crippen LogP contribution in [0.15, 0.2) is 24.3 Å². The quantitative estimate of drug-likeness (QED) is 0.877. The molecule has 0 aliphatic heterocycles. The molecule has 1 aromatic carbocycles. The molecule has 0 aromatic heterocycles. The van der Waals surface area contributed by atoms with Crippen LogP contribution in [0.2, 0.25) is 0 Å². The minimum atomic E-state index is -0.481. The molecular weight excluding hydrogens is 288 g/mol. The lowest BCUT2D eigenvalue weighted by atomic mass is 9.93. The molecule has 1 aromatic rings. The van der Waals surface area contributed by atoms with Crippen LogP contribution in [0.4, 0.5) is 0 Å². The van der Waals surface area contributed by atoms with Crippen molar-refractivity contribution in [3.63, 3.8) is 0 Å². The van der Waals surface area contributed by atoms with Gasteiger partial charge in [-0.05, 0) is 45.1 Å². The Balaban J connectivity index is 1.61.